The Hall–Kier alpha value is -1.73. The van der Waals surface area contributed by atoms with Crippen molar-refractivity contribution in [2.24, 2.45) is 5.92 Å². The minimum Gasteiger partial charge on any atom is -0.465 e. The van der Waals surface area contributed by atoms with Crippen LogP contribution >= 0.6 is 23.2 Å². The van der Waals surface area contributed by atoms with Crippen LogP contribution in [0.2, 0.25) is 10.0 Å². The van der Waals surface area contributed by atoms with E-state index in [2.05, 4.69) is 9.47 Å². The number of rotatable bonds is 6. The number of carbonyl (C=O) groups is 3. The highest BCUT2D eigenvalue weighted by Gasteiger charge is 2.39. The van der Waals surface area contributed by atoms with Gasteiger partial charge in [0, 0.05) is 5.56 Å². The van der Waals surface area contributed by atoms with Crippen molar-refractivity contribution in [2.75, 3.05) is 13.2 Å². The zero-order valence-corrected chi connectivity index (χ0v) is 13.6. The van der Waals surface area contributed by atoms with Crippen LogP contribution < -0.4 is 0 Å². The van der Waals surface area contributed by atoms with Crippen molar-refractivity contribution in [3.8, 4) is 0 Å². The summed E-state index contributed by atoms with van der Waals surface area (Å²) >= 11 is 11.2. The molecule has 0 bridgehead atoms. The predicted octanol–water partition coefficient (Wildman–Crippen LogP) is 3.20. The number of ketones is 1. The van der Waals surface area contributed by atoms with Gasteiger partial charge in [0.1, 0.15) is 0 Å². The summed E-state index contributed by atoms with van der Waals surface area (Å²) in [6, 6.07) is 0.456. The normalized spacial score (nSPS) is 10.6. The molecular formula is C14H12Cl2F2O5. The predicted molar refractivity (Wildman–Crippen MR) is 77.5 cm³/mol. The van der Waals surface area contributed by atoms with Gasteiger partial charge >= 0.3 is 11.9 Å². The third kappa shape index (κ3) is 4.17. The first-order valence-corrected chi connectivity index (χ1v) is 7.22. The average Bonchev–Trinajstić information content (AvgIpc) is 2.49. The second-order valence-electron chi connectivity index (χ2n) is 4.15. The van der Waals surface area contributed by atoms with E-state index in [0.29, 0.717) is 6.07 Å². The Morgan fingerprint density at radius 2 is 1.52 bits per heavy atom. The lowest BCUT2D eigenvalue weighted by atomic mass is 9.97. The highest BCUT2D eigenvalue weighted by Crippen LogP contribution is 2.32. The standard InChI is InChI=1S/C14H12Cl2F2O5/c1-3-22-13(20)8(14(21)23-4-2)12(19)6-5-7(17)11(18)10(16)9(6)15/h5,8H,3-4H2,1-2H3. The Bertz CT molecular complexity index is 631. The Balaban J connectivity index is 3.35. The molecule has 0 spiro atoms. The molecule has 0 heterocycles. The van der Waals surface area contributed by atoms with E-state index in [4.69, 9.17) is 23.2 Å². The molecule has 9 heteroatoms. The molecule has 0 fully saturated rings. The molecule has 0 aliphatic heterocycles. The number of hydrogen-bond donors (Lipinski definition) is 0. The third-order valence-electron chi connectivity index (χ3n) is 2.67. The number of hydrogen-bond acceptors (Lipinski definition) is 5. The molecule has 126 valence electrons. The number of Topliss-reactive ketones (excluding diaryl/α,β-unsaturated/α-hetero) is 1. The summed E-state index contributed by atoms with van der Waals surface area (Å²) in [5.41, 5.74) is -0.623. The van der Waals surface area contributed by atoms with Crippen LogP contribution in [0.3, 0.4) is 0 Å². The van der Waals surface area contributed by atoms with Gasteiger partial charge in [-0.05, 0) is 19.9 Å². The van der Waals surface area contributed by atoms with E-state index in [-0.39, 0.29) is 13.2 Å². The number of benzene rings is 1. The fourth-order valence-corrected chi connectivity index (χ4v) is 2.09. The molecule has 0 aliphatic carbocycles. The van der Waals surface area contributed by atoms with Crippen LogP contribution in [-0.2, 0) is 19.1 Å². The number of esters is 2. The molecule has 23 heavy (non-hydrogen) atoms. The van der Waals surface area contributed by atoms with Gasteiger partial charge in [0.2, 0.25) is 5.92 Å². The van der Waals surface area contributed by atoms with Crippen molar-refractivity contribution in [3.05, 3.63) is 33.3 Å². The molecule has 5 nitrogen and oxygen atoms in total. The van der Waals surface area contributed by atoms with Gasteiger partial charge in [-0.15, -0.1) is 0 Å². The fraction of sp³-hybridized carbons (Fsp3) is 0.357. The Kier molecular flexibility index (Phi) is 6.90. The molecule has 0 N–H and O–H groups in total. The first kappa shape index (κ1) is 19.3. The first-order chi connectivity index (χ1) is 10.8. The Labute approximate surface area is 140 Å². The van der Waals surface area contributed by atoms with E-state index in [1.54, 1.807) is 0 Å². The van der Waals surface area contributed by atoms with Gasteiger partial charge in [-0.2, -0.15) is 0 Å². The molecule has 0 unspecified atom stereocenters. The second kappa shape index (κ2) is 8.21. The topological polar surface area (TPSA) is 69.7 Å². The molecule has 0 radical (unpaired) electrons. The van der Waals surface area contributed by atoms with Crippen molar-refractivity contribution < 1.29 is 32.6 Å². The lowest BCUT2D eigenvalue weighted by Crippen LogP contribution is -2.35. The molecule has 1 rings (SSSR count). The Morgan fingerprint density at radius 3 is 1.96 bits per heavy atom. The highest BCUT2D eigenvalue weighted by molar-refractivity contribution is 6.44. The van der Waals surface area contributed by atoms with Crippen LogP contribution in [0.5, 0.6) is 0 Å². The van der Waals surface area contributed by atoms with E-state index in [9.17, 15) is 23.2 Å². The van der Waals surface area contributed by atoms with E-state index in [1.807, 2.05) is 0 Å². The summed E-state index contributed by atoms with van der Waals surface area (Å²) in [6.45, 7) is 2.72. The number of ether oxygens (including phenoxy) is 2. The summed E-state index contributed by atoms with van der Waals surface area (Å²) in [5, 5.41) is -1.45. The minimum atomic E-state index is -2.01. The monoisotopic (exact) mass is 368 g/mol. The molecule has 0 aromatic heterocycles. The summed E-state index contributed by atoms with van der Waals surface area (Å²) in [7, 11) is 0. The largest absolute Gasteiger partial charge is 0.465 e. The van der Waals surface area contributed by atoms with Gasteiger partial charge in [0.15, 0.2) is 17.4 Å². The van der Waals surface area contributed by atoms with Crippen LogP contribution in [0, 0.1) is 17.6 Å². The molecule has 1 aromatic carbocycles. The van der Waals surface area contributed by atoms with Crippen LogP contribution in [0.1, 0.15) is 24.2 Å². The maximum Gasteiger partial charge on any atom is 0.328 e. The van der Waals surface area contributed by atoms with Gasteiger partial charge in [0.05, 0.1) is 23.3 Å². The zero-order chi connectivity index (χ0) is 17.7. The molecule has 0 aliphatic rings. The van der Waals surface area contributed by atoms with Gasteiger partial charge in [-0.1, -0.05) is 23.2 Å². The first-order valence-electron chi connectivity index (χ1n) is 6.46. The average molecular weight is 369 g/mol. The molecule has 0 saturated carbocycles. The van der Waals surface area contributed by atoms with E-state index in [1.165, 1.54) is 13.8 Å². The van der Waals surface area contributed by atoms with Gasteiger partial charge in [-0.3, -0.25) is 14.4 Å². The van der Waals surface area contributed by atoms with Crippen molar-refractivity contribution in [1.29, 1.82) is 0 Å². The van der Waals surface area contributed by atoms with Crippen molar-refractivity contribution in [3.63, 3.8) is 0 Å². The lowest BCUT2D eigenvalue weighted by molar-refractivity contribution is -0.158. The lowest BCUT2D eigenvalue weighted by Gasteiger charge is -2.15. The fourth-order valence-electron chi connectivity index (χ4n) is 1.67. The second-order valence-corrected chi connectivity index (χ2v) is 4.91. The SMILES string of the molecule is CCOC(=O)C(C(=O)OCC)C(=O)c1cc(F)c(F)c(Cl)c1Cl. The maximum atomic E-state index is 13.4. The van der Waals surface area contributed by atoms with Crippen molar-refractivity contribution in [1.82, 2.24) is 0 Å². The molecular weight excluding hydrogens is 357 g/mol. The summed E-state index contributed by atoms with van der Waals surface area (Å²) in [5.74, 6) is -8.48. The number of halogens is 4. The Morgan fingerprint density at radius 1 is 1.04 bits per heavy atom. The van der Waals surface area contributed by atoms with Crippen LogP contribution in [-0.4, -0.2) is 30.9 Å². The molecule has 0 saturated heterocycles. The van der Waals surface area contributed by atoms with E-state index in [0.717, 1.165) is 0 Å². The molecule has 1 aromatic rings. The van der Waals surface area contributed by atoms with E-state index >= 15 is 0 Å². The van der Waals surface area contributed by atoms with Gasteiger partial charge < -0.3 is 9.47 Å². The molecule has 0 atom stereocenters. The van der Waals surface area contributed by atoms with Crippen LogP contribution in [0.4, 0.5) is 8.78 Å². The maximum absolute atomic E-state index is 13.4. The number of carbonyl (C=O) groups excluding carboxylic acids is 3. The zero-order valence-electron chi connectivity index (χ0n) is 12.1. The minimum absolute atomic E-state index is 0.103. The quantitative estimate of drug-likeness (QED) is 0.253. The van der Waals surface area contributed by atoms with Crippen molar-refractivity contribution in [2.45, 2.75) is 13.8 Å². The van der Waals surface area contributed by atoms with Gasteiger partial charge in [0.25, 0.3) is 0 Å². The highest BCUT2D eigenvalue weighted by atomic mass is 35.5. The third-order valence-corrected chi connectivity index (χ3v) is 3.52. The summed E-state index contributed by atoms with van der Waals surface area (Å²) in [4.78, 5) is 36.0. The van der Waals surface area contributed by atoms with E-state index < -0.39 is 50.9 Å². The van der Waals surface area contributed by atoms with Crippen LogP contribution in [0.15, 0.2) is 6.07 Å². The van der Waals surface area contributed by atoms with Gasteiger partial charge in [-0.25, -0.2) is 8.78 Å². The van der Waals surface area contributed by atoms with Crippen LogP contribution in [0.25, 0.3) is 0 Å². The summed E-state index contributed by atoms with van der Waals surface area (Å²) < 4.78 is 36.0. The molecule has 0 amide bonds. The summed E-state index contributed by atoms with van der Waals surface area (Å²) in [6.07, 6.45) is 0. The smallest absolute Gasteiger partial charge is 0.328 e. The van der Waals surface area contributed by atoms with Crippen molar-refractivity contribution >= 4 is 40.9 Å².